The van der Waals surface area contributed by atoms with Crippen LogP contribution >= 0.6 is 11.3 Å². The minimum absolute atomic E-state index is 0.260. The van der Waals surface area contributed by atoms with Gasteiger partial charge in [-0.15, -0.1) is 11.3 Å². The number of aliphatic imine (C=N–C) groups is 1. The number of thiazole rings is 1. The van der Waals surface area contributed by atoms with Crippen molar-refractivity contribution >= 4 is 17.3 Å². The van der Waals surface area contributed by atoms with Crippen LogP contribution in [-0.4, -0.2) is 61.8 Å². The predicted octanol–water partition coefficient (Wildman–Crippen LogP) is 2.93. The molecule has 1 aliphatic heterocycles. The second kappa shape index (κ2) is 11.3. The minimum Gasteiger partial charge on any atom is -0.379 e. The molecule has 1 aromatic carbocycles. The number of morpholine rings is 1. The predicted molar refractivity (Wildman–Crippen MR) is 121 cm³/mol. The molecule has 2 aromatic rings. The van der Waals surface area contributed by atoms with Crippen molar-refractivity contribution in [3.05, 3.63) is 51.5 Å². The lowest BCUT2D eigenvalue weighted by Gasteiger charge is -2.34. The Balaban J connectivity index is 1.66. The van der Waals surface area contributed by atoms with E-state index in [1.165, 1.54) is 16.0 Å². The second-order valence-electron chi connectivity index (χ2n) is 7.34. The Kier molecular flexibility index (Phi) is 8.46. The smallest absolute Gasteiger partial charge is 0.191 e. The number of rotatable bonds is 8. The second-order valence-corrected chi connectivity index (χ2v) is 8.66. The molecule has 158 valence electrons. The van der Waals surface area contributed by atoms with Gasteiger partial charge in [-0.3, -0.25) is 9.89 Å². The van der Waals surface area contributed by atoms with Crippen molar-refractivity contribution in [2.75, 3.05) is 45.9 Å². The molecule has 3 rings (SSSR count). The van der Waals surface area contributed by atoms with Crippen molar-refractivity contribution in [3.8, 4) is 0 Å². The molecule has 2 N–H and O–H groups in total. The van der Waals surface area contributed by atoms with Crippen LogP contribution < -0.4 is 10.6 Å². The van der Waals surface area contributed by atoms with Crippen LogP contribution in [0.4, 0.5) is 0 Å². The van der Waals surface area contributed by atoms with Gasteiger partial charge in [-0.1, -0.05) is 29.8 Å². The van der Waals surface area contributed by atoms with Gasteiger partial charge in [0.1, 0.15) is 0 Å². The SMILES string of the molecule is CCNC(=NCC(c1cccc(C)c1)N1CCOCC1)NCCc1ncc(C)s1. The zero-order valence-electron chi connectivity index (χ0n) is 17.8. The number of hydrogen-bond donors (Lipinski definition) is 2. The average Bonchev–Trinajstić information content (AvgIpc) is 3.14. The van der Waals surface area contributed by atoms with Crippen LogP contribution in [0.3, 0.4) is 0 Å². The third kappa shape index (κ3) is 6.80. The van der Waals surface area contributed by atoms with E-state index in [0.29, 0.717) is 0 Å². The van der Waals surface area contributed by atoms with E-state index in [-0.39, 0.29) is 6.04 Å². The topological polar surface area (TPSA) is 61.8 Å². The van der Waals surface area contributed by atoms with Crippen molar-refractivity contribution in [3.63, 3.8) is 0 Å². The van der Waals surface area contributed by atoms with Crippen LogP contribution in [-0.2, 0) is 11.2 Å². The maximum Gasteiger partial charge on any atom is 0.191 e. The standard InChI is InChI=1S/C22H33N5OS/c1-4-23-22(24-9-8-21-25-15-18(3)29-21)26-16-20(27-10-12-28-13-11-27)19-7-5-6-17(2)14-19/h5-7,14-15,20H,4,8-13,16H2,1-3H3,(H2,23,24,26). The van der Waals surface area contributed by atoms with Gasteiger partial charge in [0, 0.05) is 43.7 Å². The average molecular weight is 416 g/mol. The van der Waals surface area contributed by atoms with Gasteiger partial charge in [0.2, 0.25) is 0 Å². The van der Waals surface area contributed by atoms with Gasteiger partial charge in [0.15, 0.2) is 5.96 Å². The number of ether oxygens (including phenoxy) is 1. The molecule has 29 heavy (non-hydrogen) atoms. The molecule has 1 aliphatic rings. The third-order valence-corrected chi connectivity index (χ3v) is 5.95. The number of nitrogens with zero attached hydrogens (tertiary/aromatic N) is 3. The highest BCUT2D eigenvalue weighted by atomic mass is 32.1. The Hall–Kier alpha value is -1.96. The van der Waals surface area contributed by atoms with Gasteiger partial charge >= 0.3 is 0 Å². The number of aromatic nitrogens is 1. The number of benzene rings is 1. The molecule has 1 saturated heterocycles. The van der Waals surface area contributed by atoms with Gasteiger partial charge < -0.3 is 15.4 Å². The summed E-state index contributed by atoms with van der Waals surface area (Å²) in [5, 5.41) is 8.00. The van der Waals surface area contributed by atoms with Gasteiger partial charge in [-0.2, -0.15) is 0 Å². The Bertz CT molecular complexity index is 785. The summed E-state index contributed by atoms with van der Waals surface area (Å²) < 4.78 is 5.56. The molecule has 0 aliphatic carbocycles. The third-order valence-electron chi connectivity index (χ3n) is 4.98. The molecule has 1 fully saturated rings. The Morgan fingerprint density at radius 2 is 2.10 bits per heavy atom. The van der Waals surface area contributed by atoms with E-state index in [0.717, 1.165) is 63.3 Å². The summed E-state index contributed by atoms with van der Waals surface area (Å²) >= 11 is 1.76. The maximum absolute atomic E-state index is 5.56. The fourth-order valence-electron chi connectivity index (χ4n) is 3.52. The first-order valence-corrected chi connectivity index (χ1v) is 11.3. The normalized spacial score (nSPS) is 16.6. The first kappa shape index (κ1) is 21.7. The van der Waals surface area contributed by atoms with E-state index in [4.69, 9.17) is 9.73 Å². The maximum atomic E-state index is 5.56. The van der Waals surface area contributed by atoms with Crippen LogP contribution in [0.15, 0.2) is 35.5 Å². The summed E-state index contributed by atoms with van der Waals surface area (Å²) in [7, 11) is 0. The summed E-state index contributed by atoms with van der Waals surface area (Å²) in [5.74, 6) is 0.867. The zero-order valence-corrected chi connectivity index (χ0v) is 18.6. The molecule has 0 radical (unpaired) electrons. The van der Waals surface area contributed by atoms with E-state index in [2.05, 4.69) is 65.6 Å². The zero-order chi connectivity index (χ0) is 20.5. The van der Waals surface area contributed by atoms with Crippen molar-refractivity contribution < 1.29 is 4.74 Å². The lowest BCUT2D eigenvalue weighted by Crippen LogP contribution is -2.42. The van der Waals surface area contributed by atoms with Crippen LogP contribution in [0.2, 0.25) is 0 Å². The summed E-state index contributed by atoms with van der Waals surface area (Å²) in [5.41, 5.74) is 2.61. The monoisotopic (exact) mass is 415 g/mol. The van der Waals surface area contributed by atoms with Crippen LogP contribution in [0.1, 0.15) is 34.0 Å². The van der Waals surface area contributed by atoms with Crippen LogP contribution in [0.5, 0.6) is 0 Å². The van der Waals surface area contributed by atoms with E-state index in [1.54, 1.807) is 11.3 Å². The Morgan fingerprint density at radius 1 is 1.28 bits per heavy atom. The highest BCUT2D eigenvalue weighted by Gasteiger charge is 2.22. The van der Waals surface area contributed by atoms with Gasteiger partial charge in [0.25, 0.3) is 0 Å². The molecule has 0 bridgehead atoms. The lowest BCUT2D eigenvalue weighted by molar-refractivity contribution is 0.0179. The first-order valence-electron chi connectivity index (χ1n) is 10.5. The molecular formula is C22H33N5OS. The van der Waals surface area contributed by atoms with E-state index < -0.39 is 0 Å². The molecule has 1 aromatic heterocycles. The van der Waals surface area contributed by atoms with Gasteiger partial charge in [-0.25, -0.2) is 4.98 Å². The van der Waals surface area contributed by atoms with Crippen molar-refractivity contribution in [2.45, 2.75) is 33.2 Å². The van der Waals surface area contributed by atoms with E-state index in [9.17, 15) is 0 Å². The Morgan fingerprint density at radius 3 is 2.79 bits per heavy atom. The molecule has 0 amide bonds. The van der Waals surface area contributed by atoms with E-state index >= 15 is 0 Å². The van der Waals surface area contributed by atoms with Crippen LogP contribution in [0.25, 0.3) is 0 Å². The minimum atomic E-state index is 0.260. The Labute approximate surface area is 178 Å². The first-order chi connectivity index (χ1) is 14.2. The summed E-state index contributed by atoms with van der Waals surface area (Å²) in [6.07, 6.45) is 2.85. The van der Waals surface area contributed by atoms with Gasteiger partial charge in [-0.05, 0) is 26.3 Å². The molecule has 7 heteroatoms. The number of hydrogen-bond acceptors (Lipinski definition) is 5. The number of aryl methyl sites for hydroxylation is 2. The lowest BCUT2D eigenvalue weighted by atomic mass is 10.0. The fourth-order valence-corrected chi connectivity index (χ4v) is 4.31. The van der Waals surface area contributed by atoms with Gasteiger partial charge in [0.05, 0.1) is 30.8 Å². The number of guanidine groups is 1. The molecule has 1 atom stereocenters. The quantitative estimate of drug-likeness (QED) is 0.513. The van der Waals surface area contributed by atoms with Crippen LogP contribution in [0, 0.1) is 13.8 Å². The molecule has 0 spiro atoms. The molecule has 2 heterocycles. The largest absolute Gasteiger partial charge is 0.379 e. The molecule has 1 unspecified atom stereocenters. The van der Waals surface area contributed by atoms with Crippen molar-refractivity contribution in [1.82, 2.24) is 20.5 Å². The number of nitrogens with one attached hydrogen (secondary N) is 2. The highest BCUT2D eigenvalue weighted by molar-refractivity contribution is 7.11. The fraction of sp³-hybridized carbons (Fsp3) is 0.545. The summed E-state index contributed by atoms with van der Waals surface area (Å²) in [6, 6.07) is 9.04. The molecular weight excluding hydrogens is 382 g/mol. The van der Waals surface area contributed by atoms with E-state index in [1.807, 2.05) is 6.20 Å². The molecule has 0 saturated carbocycles. The van der Waals surface area contributed by atoms with Crippen molar-refractivity contribution in [2.24, 2.45) is 4.99 Å². The summed E-state index contributed by atoms with van der Waals surface area (Å²) in [4.78, 5) is 13.1. The highest BCUT2D eigenvalue weighted by Crippen LogP contribution is 2.23. The molecule has 6 nitrogen and oxygen atoms in total. The van der Waals surface area contributed by atoms with Crippen molar-refractivity contribution in [1.29, 1.82) is 0 Å². The summed E-state index contributed by atoms with van der Waals surface area (Å²) in [6.45, 7) is 12.2.